The van der Waals surface area contributed by atoms with Crippen molar-refractivity contribution >= 4 is 5.95 Å². The zero-order valence-corrected chi connectivity index (χ0v) is 18.0. The molecule has 4 aromatic rings. The maximum absolute atomic E-state index is 6.14. The van der Waals surface area contributed by atoms with Crippen LogP contribution in [0.2, 0.25) is 0 Å². The van der Waals surface area contributed by atoms with Crippen molar-refractivity contribution in [3.05, 3.63) is 95.4 Å². The first-order valence-corrected chi connectivity index (χ1v) is 10.8. The number of ether oxygens (including phenoxy) is 2. The molecule has 0 fully saturated rings. The molecule has 1 N–H and O–H groups in total. The number of fused-ring (bicyclic) bond motifs is 1. The van der Waals surface area contributed by atoms with E-state index in [1.54, 1.807) is 13.4 Å². The van der Waals surface area contributed by atoms with Crippen molar-refractivity contribution in [1.29, 1.82) is 0 Å². The Bertz CT molecular complexity index is 1160. The second-order valence-electron chi connectivity index (χ2n) is 7.76. The van der Waals surface area contributed by atoms with Gasteiger partial charge in [0.25, 0.3) is 0 Å². The molecule has 0 bridgehead atoms. The number of methoxy groups -OCH3 is 1. The van der Waals surface area contributed by atoms with Gasteiger partial charge in [0.15, 0.2) is 5.76 Å². The fourth-order valence-corrected chi connectivity index (χ4v) is 3.96. The van der Waals surface area contributed by atoms with Crippen LogP contribution in [-0.2, 0) is 24.3 Å². The van der Waals surface area contributed by atoms with Crippen LogP contribution in [0.4, 0.5) is 5.95 Å². The van der Waals surface area contributed by atoms with Crippen LogP contribution >= 0.6 is 0 Å². The zero-order valence-electron chi connectivity index (χ0n) is 18.0. The SMILES string of the molecule is COc1ccc(CNc2nc(-c3ccco3)c3c(n2)[C@@H](CCc2ccccc2)OC3)cc1. The number of hydrogen-bond donors (Lipinski definition) is 1. The predicted octanol–water partition coefficient (Wildman–Crippen LogP) is 5.56. The quantitative estimate of drug-likeness (QED) is 0.397. The number of aromatic nitrogens is 2. The lowest BCUT2D eigenvalue weighted by molar-refractivity contribution is 0.0587. The Morgan fingerprint density at radius 2 is 1.81 bits per heavy atom. The Balaban J connectivity index is 1.39. The van der Waals surface area contributed by atoms with E-state index in [0.29, 0.717) is 19.1 Å². The van der Waals surface area contributed by atoms with Crippen LogP contribution in [0.5, 0.6) is 5.75 Å². The Labute approximate surface area is 187 Å². The highest BCUT2D eigenvalue weighted by Gasteiger charge is 2.30. The number of nitrogens with one attached hydrogen (secondary N) is 1. The Hall–Kier alpha value is -3.64. The molecule has 0 saturated carbocycles. The van der Waals surface area contributed by atoms with Gasteiger partial charge in [0.1, 0.15) is 17.5 Å². The molecule has 0 unspecified atom stereocenters. The minimum absolute atomic E-state index is 0.0662. The van der Waals surface area contributed by atoms with Gasteiger partial charge in [-0.15, -0.1) is 0 Å². The third-order valence-electron chi connectivity index (χ3n) is 5.68. The summed E-state index contributed by atoms with van der Waals surface area (Å²) in [5, 5.41) is 3.36. The second-order valence-corrected chi connectivity index (χ2v) is 7.76. The molecule has 1 aliphatic rings. The van der Waals surface area contributed by atoms with Crippen LogP contribution in [0, 0.1) is 0 Å². The molecule has 5 rings (SSSR count). The lowest BCUT2D eigenvalue weighted by Gasteiger charge is -2.13. The molecule has 6 nitrogen and oxygen atoms in total. The highest BCUT2D eigenvalue weighted by Crippen LogP contribution is 2.38. The number of benzene rings is 2. The van der Waals surface area contributed by atoms with E-state index in [9.17, 15) is 0 Å². The Morgan fingerprint density at radius 3 is 2.56 bits per heavy atom. The topological polar surface area (TPSA) is 69.4 Å². The van der Waals surface area contributed by atoms with E-state index in [4.69, 9.17) is 23.9 Å². The molecule has 0 saturated heterocycles. The van der Waals surface area contributed by atoms with E-state index in [0.717, 1.165) is 46.9 Å². The third kappa shape index (κ3) is 4.36. The molecule has 2 aromatic heterocycles. The number of aryl methyl sites for hydroxylation is 1. The van der Waals surface area contributed by atoms with Crippen molar-refractivity contribution in [2.75, 3.05) is 12.4 Å². The Kier molecular flexibility index (Phi) is 5.85. The normalized spacial score (nSPS) is 14.8. The minimum atomic E-state index is -0.0662. The van der Waals surface area contributed by atoms with Crippen LogP contribution in [0.15, 0.2) is 77.4 Å². The minimum Gasteiger partial charge on any atom is -0.497 e. The maximum Gasteiger partial charge on any atom is 0.223 e. The maximum atomic E-state index is 6.14. The molecule has 3 heterocycles. The van der Waals surface area contributed by atoms with E-state index in [1.807, 2.05) is 42.5 Å². The average Bonchev–Trinajstić information content (AvgIpc) is 3.52. The molecular weight excluding hydrogens is 402 g/mol. The monoisotopic (exact) mass is 427 g/mol. The fraction of sp³-hybridized carbons (Fsp3) is 0.231. The van der Waals surface area contributed by atoms with Crippen LogP contribution in [0.3, 0.4) is 0 Å². The lowest BCUT2D eigenvalue weighted by Crippen LogP contribution is -2.09. The molecular formula is C26H25N3O3. The number of nitrogens with zero attached hydrogens (tertiary/aromatic N) is 2. The summed E-state index contributed by atoms with van der Waals surface area (Å²) in [5.74, 6) is 2.13. The Morgan fingerprint density at radius 1 is 0.969 bits per heavy atom. The second kappa shape index (κ2) is 9.24. The standard InChI is InChI=1S/C26H25N3O3/c1-30-20-12-9-19(10-13-20)16-27-26-28-24(22-8-5-15-31-22)21-17-32-23(25(21)29-26)14-11-18-6-3-2-4-7-18/h2-10,12-13,15,23H,11,14,16-17H2,1H3,(H,27,28,29)/t23-/m1/s1. The highest BCUT2D eigenvalue weighted by atomic mass is 16.5. The first kappa shape index (κ1) is 20.3. The number of rotatable bonds is 8. The van der Waals surface area contributed by atoms with E-state index in [1.165, 1.54) is 5.56 Å². The van der Waals surface area contributed by atoms with Crippen molar-refractivity contribution in [3.63, 3.8) is 0 Å². The van der Waals surface area contributed by atoms with Gasteiger partial charge in [-0.05, 0) is 48.2 Å². The molecule has 0 spiro atoms. The van der Waals surface area contributed by atoms with Crippen molar-refractivity contribution < 1.29 is 13.9 Å². The largest absolute Gasteiger partial charge is 0.497 e. The van der Waals surface area contributed by atoms with Gasteiger partial charge in [-0.2, -0.15) is 0 Å². The third-order valence-corrected chi connectivity index (χ3v) is 5.68. The van der Waals surface area contributed by atoms with Crippen LogP contribution < -0.4 is 10.1 Å². The summed E-state index contributed by atoms with van der Waals surface area (Å²) in [6, 6.07) is 22.2. The smallest absolute Gasteiger partial charge is 0.223 e. The van der Waals surface area contributed by atoms with Gasteiger partial charge in [-0.1, -0.05) is 42.5 Å². The summed E-state index contributed by atoms with van der Waals surface area (Å²) >= 11 is 0. The van der Waals surface area contributed by atoms with Gasteiger partial charge >= 0.3 is 0 Å². The van der Waals surface area contributed by atoms with Gasteiger partial charge in [0.2, 0.25) is 5.95 Å². The summed E-state index contributed by atoms with van der Waals surface area (Å²) in [4.78, 5) is 9.62. The average molecular weight is 428 g/mol. The summed E-state index contributed by atoms with van der Waals surface area (Å²) in [6.45, 7) is 1.10. The predicted molar refractivity (Wildman–Crippen MR) is 122 cm³/mol. The molecule has 1 aliphatic heterocycles. The molecule has 0 radical (unpaired) electrons. The molecule has 0 aliphatic carbocycles. The van der Waals surface area contributed by atoms with E-state index < -0.39 is 0 Å². The molecule has 32 heavy (non-hydrogen) atoms. The molecule has 0 amide bonds. The number of furan rings is 1. The van der Waals surface area contributed by atoms with Crippen molar-refractivity contribution in [3.8, 4) is 17.2 Å². The van der Waals surface area contributed by atoms with Crippen LogP contribution in [-0.4, -0.2) is 17.1 Å². The molecule has 6 heteroatoms. The number of anilines is 1. The summed E-state index contributed by atoms with van der Waals surface area (Å²) in [6.07, 6.45) is 3.39. The van der Waals surface area contributed by atoms with E-state index >= 15 is 0 Å². The first-order valence-electron chi connectivity index (χ1n) is 10.8. The van der Waals surface area contributed by atoms with Gasteiger partial charge in [0, 0.05) is 12.1 Å². The summed E-state index contributed by atoms with van der Waals surface area (Å²) in [7, 11) is 1.66. The molecule has 162 valence electrons. The van der Waals surface area contributed by atoms with Gasteiger partial charge in [-0.25, -0.2) is 9.97 Å². The van der Waals surface area contributed by atoms with Gasteiger partial charge in [-0.3, -0.25) is 0 Å². The number of hydrogen-bond acceptors (Lipinski definition) is 6. The van der Waals surface area contributed by atoms with Crippen molar-refractivity contribution in [2.24, 2.45) is 0 Å². The van der Waals surface area contributed by atoms with Crippen molar-refractivity contribution in [1.82, 2.24) is 9.97 Å². The van der Waals surface area contributed by atoms with E-state index in [-0.39, 0.29) is 6.10 Å². The summed E-state index contributed by atoms with van der Waals surface area (Å²) < 4.78 is 17.0. The molecule has 1 atom stereocenters. The first-order chi connectivity index (χ1) is 15.8. The highest BCUT2D eigenvalue weighted by molar-refractivity contribution is 5.61. The molecule has 2 aromatic carbocycles. The summed E-state index contributed by atoms with van der Waals surface area (Å²) in [5.41, 5.74) is 5.15. The lowest BCUT2D eigenvalue weighted by atomic mass is 10.0. The van der Waals surface area contributed by atoms with Gasteiger partial charge in [0.05, 0.1) is 25.7 Å². The van der Waals surface area contributed by atoms with Crippen LogP contribution in [0.25, 0.3) is 11.5 Å². The van der Waals surface area contributed by atoms with E-state index in [2.05, 4.69) is 29.6 Å². The fourth-order valence-electron chi connectivity index (χ4n) is 3.96. The van der Waals surface area contributed by atoms with Gasteiger partial charge < -0.3 is 19.2 Å². The zero-order chi connectivity index (χ0) is 21.8. The van der Waals surface area contributed by atoms with Crippen LogP contribution in [0.1, 0.15) is 34.9 Å². The van der Waals surface area contributed by atoms with Crippen molar-refractivity contribution in [2.45, 2.75) is 32.1 Å².